The van der Waals surface area contributed by atoms with Gasteiger partial charge in [0.2, 0.25) is 11.8 Å². The van der Waals surface area contributed by atoms with E-state index in [2.05, 4.69) is 47.3 Å². The first-order valence-electron chi connectivity index (χ1n) is 16.7. The second-order valence-corrected chi connectivity index (χ2v) is 12.3. The summed E-state index contributed by atoms with van der Waals surface area (Å²) in [7, 11) is 3.56. The fraction of sp³-hybridized carbons (Fsp3) is 0.256. The number of aliphatic hydroxyl groups is 1. The zero-order chi connectivity index (χ0) is 38.8. The number of fused-ring (bicyclic) bond motifs is 2. The quantitative estimate of drug-likeness (QED) is 0.205. The number of nitriles is 1. The highest BCUT2D eigenvalue weighted by Gasteiger charge is 2.18. The number of likely N-dealkylation sites (N-methyl/N-ethyl adjacent to an activating group) is 1. The highest BCUT2D eigenvalue weighted by molar-refractivity contribution is 5.92. The third-order valence-corrected chi connectivity index (χ3v) is 8.19. The highest BCUT2D eigenvalue weighted by atomic mass is 16.4. The minimum Gasteiger partial charge on any atom is -0.480 e. The van der Waals surface area contributed by atoms with Gasteiger partial charge in [0.1, 0.15) is 23.3 Å². The third-order valence-electron chi connectivity index (χ3n) is 8.19. The summed E-state index contributed by atoms with van der Waals surface area (Å²) < 4.78 is 3.67. The van der Waals surface area contributed by atoms with Gasteiger partial charge in [-0.25, -0.2) is 14.5 Å². The standard InChI is InChI=1S/C19H21N3O.C17H15N5O.C3H7NO3/c1-13-5-8-15(9-6-13)19-16(11-18(23)21(3)4)22-12-14(2)7-10-17(22)20-19;1-3-21(12(2)23)15-6-4-5-13(9-15)16-7-8-19-17-14(10-18)11-20-22(16)17;4-2(1-5)3(6)7/h5-10,12H,11H2,1-4H3;4-9,11H,3H2,1-2H3;2,5H,1,4H2,(H,6,7)/t;;2-/m..1/s1. The number of hydrogen-bond acceptors (Lipinski definition) is 9. The van der Waals surface area contributed by atoms with Crippen molar-refractivity contribution < 1.29 is 24.6 Å². The number of amides is 2. The maximum atomic E-state index is 12.3. The Morgan fingerprint density at radius 1 is 1.00 bits per heavy atom. The van der Waals surface area contributed by atoms with Crippen LogP contribution in [0.3, 0.4) is 0 Å². The molecule has 4 heterocycles. The molecule has 6 rings (SSSR count). The van der Waals surface area contributed by atoms with Gasteiger partial charge in [0.15, 0.2) is 5.65 Å². The van der Waals surface area contributed by atoms with Crippen LogP contribution in [0.2, 0.25) is 0 Å². The molecule has 0 saturated carbocycles. The van der Waals surface area contributed by atoms with Gasteiger partial charge in [-0.1, -0.05) is 48.0 Å². The van der Waals surface area contributed by atoms with Crippen LogP contribution >= 0.6 is 0 Å². The Bertz CT molecular complexity index is 2270. The number of hydrogen-bond donors (Lipinski definition) is 3. The number of carbonyl (C=O) groups is 3. The molecule has 14 heteroatoms. The van der Waals surface area contributed by atoms with Gasteiger partial charge in [-0.3, -0.25) is 14.4 Å². The largest absolute Gasteiger partial charge is 0.480 e. The minimum absolute atomic E-state index is 0.00428. The van der Waals surface area contributed by atoms with Crippen LogP contribution in [0.1, 0.15) is 36.2 Å². The number of aromatic nitrogens is 5. The molecule has 53 heavy (non-hydrogen) atoms. The van der Waals surface area contributed by atoms with Crippen LogP contribution < -0.4 is 10.6 Å². The summed E-state index contributed by atoms with van der Waals surface area (Å²) in [6, 6.07) is 22.8. The second-order valence-electron chi connectivity index (χ2n) is 12.3. The van der Waals surface area contributed by atoms with Crippen LogP contribution in [0.4, 0.5) is 5.69 Å². The molecule has 0 aliphatic rings. The molecular weight excluding hydrogens is 674 g/mol. The molecule has 6 aromatic rings. The first-order valence-corrected chi connectivity index (χ1v) is 16.7. The van der Waals surface area contributed by atoms with Crippen molar-refractivity contribution in [2.24, 2.45) is 5.73 Å². The monoisotopic (exact) mass is 717 g/mol. The van der Waals surface area contributed by atoms with Gasteiger partial charge in [-0.2, -0.15) is 10.4 Å². The Hall–Kier alpha value is -6.43. The van der Waals surface area contributed by atoms with E-state index in [1.54, 1.807) is 41.5 Å². The van der Waals surface area contributed by atoms with E-state index in [0.717, 1.165) is 45.1 Å². The van der Waals surface area contributed by atoms with E-state index in [1.807, 2.05) is 66.9 Å². The number of anilines is 1. The maximum absolute atomic E-state index is 12.3. The molecule has 0 radical (unpaired) electrons. The van der Waals surface area contributed by atoms with E-state index < -0.39 is 18.6 Å². The van der Waals surface area contributed by atoms with Crippen molar-refractivity contribution in [3.8, 4) is 28.6 Å². The molecule has 0 fully saturated rings. The molecule has 0 aliphatic heterocycles. The molecule has 0 spiro atoms. The van der Waals surface area contributed by atoms with Crippen LogP contribution in [0.15, 0.2) is 85.3 Å². The molecule has 0 saturated heterocycles. The van der Waals surface area contributed by atoms with Crippen molar-refractivity contribution in [3.63, 3.8) is 0 Å². The second kappa shape index (κ2) is 17.7. The molecule has 14 nitrogen and oxygen atoms in total. The van der Waals surface area contributed by atoms with E-state index in [1.165, 1.54) is 11.8 Å². The summed E-state index contributed by atoms with van der Waals surface area (Å²) >= 11 is 0. The van der Waals surface area contributed by atoms with E-state index in [4.69, 9.17) is 26.2 Å². The van der Waals surface area contributed by atoms with Gasteiger partial charge >= 0.3 is 5.97 Å². The summed E-state index contributed by atoms with van der Waals surface area (Å²) in [5.41, 5.74) is 14.3. The molecule has 2 aromatic carbocycles. The summed E-state index contributed by atoms with van der Waals surface area (Å²) in [4.78, 5) is 45.9. The highest BCUT2D eigenvalue weighted by Crippen LogP contribution is 2.27. The van der Waals surface area contributed by atoms with Crippen molar-refractivity contribution in [1.29, 1.82) is 5.26 Å². The predicted molar refractivity (Wildman–Crippen MR) is 202 cm³/mol. The summed E-state index contributed by atoms with van der Waals surface area (Å²) in [5, 5.41) is 29.3. The number of carbonyl (C=O) groups excluding carboxylic acids is 2. The van der Waals surface area contributed by atoms with Gasteiger partial charge in [-0.15, -0.1) is 0 Å². The SMILES string of the molecule is CCN(C(C)=O)c1cccc(-c2ccnc3c(C#N)cnn23)c1.Cc1ccc(-c2nc3ccc(C)cn3c2CC(=O)N(C)C)cc1.N[C@H](CO)C(=O)O. The van der Waals surface area contributed by atoms with E-state index in [0.29, 0.717) is 24.2 Å². The number of pyridine rings is 1. The lowest BCUT2D eigenvalue weighted by molar-refractivity contribution is -0.139. The lowest BCUT2D eigenvalue weighted by Crippen LogP contribution is -2.33. The summed E-state index contributed by atoms with van der Waals surface area (Å²) in [6.07, 6.45) is 5.53. The average Bonchev–Trinajstić information content (AvgIpc) is 3.73. The molecule has 1 atom stereocenters. The first-order chi connectivity index (χ1) is 25.3. The maximum Gasteiger partial charge on any atom is 0.322 e. The molecule has 0 aliphatic carbocycles. The Morgan fingerprint density at radius 3 is 2.28 bits per heavy atom. The van der Waals surface area contributed by atoms with Crippen LogP contribution in [0, 0.1) is 25.2 Å². The normalized spacial score (nSPS) is 11.1. The van der Waals surface area contributed by atoms with Crippen molar-refractivity contribution in [3.05, 3.63) is 108 Å². The number of aryl methyl sites for hydroxylation is 2. The van der Waals surface area contributed by atoms with Crippen molar-refractivity contribution >= 4 is 34.8 Å². The van der Waals surface area contributed by atoms with Crippen LogP contribution in [0.25, 0.3) is 33.8 Å². The Labute approximate surface area is 307 Å². The summed E-state index contributed by atoms with van der Waals surface area (Å²) in [5.74, 6) is -1.11. The van der Waals surface area contributed by atoms with Gasteiger partial charge < -0.3 is 30.1 Å². The zero-order valence-corrected chi connectivity index (χ0v) is 30.6. The van der Waals surface area contributed by atoms with Crippen LogP contribution in [-0.4, -0.2) is 90.2 Å². The van der Waals surface area contributed by atoms with E-state index in [9.17, 15) is 14.4 Å². The molecule has 2 amide bonds. The van der Waals surface area contributed by atoms with Crippen molar-refractivity contribution in [2.45, 2.75) is 40.2 Å². The van der Waals surface area contributed by atoms with Gasteiger partial charge in [0, 0.05) is 56.8 Å². The van der Waals surface area contributed by atoms with Crippen molar-refractivity contribution in [2.75, 3.05) is 32.1 Å². The zero-order valence-electron chi connectivity index (χ0n) is 30.6. The number of carboxylic acid groups (broad SMARTS) is 1. The number of benzene rings is 2. The number of nitrogens with two attached hydrogens (primary N) is 1. The third kappa shape index (κ3) is 9.47. The molecule has 4 aromatic heterocycles. The number of rotatable bonds is 8. The van der Waals surface area contributed by atoms with E-state index in [-0.39, 0.29) is 11.8 Å². The molecule has 0 unspecified atom stereocenters. The topological polar surface area (TPSA) is 195 Å². The molecular formula is C39H43N9O5. The number of aliphatic hydroxyl groups excluding tert-OH is 1. The number of nitrogens with zero attached hydrogens (tertiary/aromatic N) is 8. The Morgan fingerprint density at radius 2 is 1.70 bits per heavy atom. The van der Waals surface area contributed by atoms with Gasteiger partial charge in [0.05, 0.1) is 36.3 Å². The van der Waals surface area contributed by atoms with E-state index >= 15 is 0 Å². The van der Waals surface area contributed by atoms with Crippen LogP contribution in [-0.2, 0) is 20.8 Å². The van der Waals surface area contributed by atoms with Crippen LogP contribution in [0.5, 0.6) is 0 Å². The minimum atomic E-state index is -1.18. The Kier molecular flexibility index (Phi) is 13.1. The molecule has 274 valence electrons. The van der Waals surface area contributed by atoms with Gasteiger partial charge in [-0.05, 0) is 50.6 Å². The number of imidazole rings is 1. The Balaban J connectivity index is 0.000000201. The number of aliphatic carboxylic acids is 1. The average molecular weight is 718 g/mol. The molecule has 4 N–H and O–H groups in total. The smallest absolute Gasteiger partial charge is 0.322 e. The lowest BCUT2D eigenvalue weighted by atomic mass is 10.1. The fourth-order valence-corrected chi connectivity index (χ4v) is 5.30. The number of carboxylic acids is 1. The predicted octanol–water partition coefficient (Wildman–Crippen LogP) is 4.28. The molecule has 0 bridgehead atoms. The lowest BCUT2D eigenvalue weighted by Gasteiger charge is -2.19. The summed E-state index contributed by atoms with van der Waals surface area (Å²) in [6.45, 7) is 7.69. The first kappa shape index (κ1) is 39.4. The van der Waals surface area contributed by atoms with Gasteiger partial charge in [0.25, 0.3) is 0 Å². The van der Waals surface area contributed by atoms with Crippen molar-refractivity contribution in [1.82, 2.24) is 28.9 Å². The fourth-order valence-electron chi connectivity index (χ4n) is 5.30.